The van der Waals surface area contributed by atoms with Crippen molar-refractivity contribution in [1.82, 2.24) is 19.5 Å². The van der Waals surface area contributed by atoms with Gasteiger partial charge in [-0.3, -0.25) is 9.19 Å². The molecular formula is C19H18N4O2S. The van der Waals surface area contributed by atoms with Crippen molar-refractivity contribution in [1.29, 1.82) is 0 Å². The summed E-state index contributed by atoms with van der Waals surface area (Å²) >= 11 is 0. The fourth-order valence-electron chi connectivity index (χ4n) is 2.43. The molecule has 0 saturated carbocycles. The number of aromatic amines is 1. The summed E-state index contributed by atoms with van der Waals surface area (Å²) in [6, 6.07) is 8.04. The number of H-pyrrole nitrogens is 1. The molecule has 0 fully saturated rings. The van der Waals surface area contributed by atoms with Crippen LogP contribution in [0.3, 0.4) is 0 Å². The van der Waals surface area contributed by atoms with Crippen molar-refractivity contribution < 1.29 is 20.0 Å². The van der Waals surface area contributed by atoms with Crippen molar-refractivity contribution in [3.63, 3.8) is 0 Å². The van der Waals surface area contributed by atoms with E-state index in [1.165, 1.54) is 6.92 Å². The van der Waals surface area contributed by atoms with E-state index in [-0.39, 0.29) is 5.56 Å². The second-order valence-corrected chi connectivity index (χ2v) is 6.50. The number of rotatable bonds is 5. The number of methoxy groups -OCH3 is 1. The van der Waals surface area contributed by atoms with Gasteiger partial charge in [0, 0.05) is 32.6 Å². The number of nitrogens with zero attached hydrogens (tertiary/aromatic N) is 3. The van der Waals surface area contributed by atoms with E-state index in [2.05, 4.69) is 9.97 Å². The lowest BCUT2D eigenvalue weighted by atomic mass is 10.2. The number of ether oxygens (including phenoxy) is 1. The second-order valence-electron chi connectivity index (χ2n) is 5.39. The first-order valence-electron chi connectivity index (χ1n) is 11.5. The van der Waals surface area contributed by atoms with Crippen LogP contribution in [0.15, 0.2) is 60.1 Å². The van der Waals surface area contributed by atoms with E-state index < -0.39 is 52.4 Å². The highest BCUT2D eigenvalue weighted by Crippen LogP contribution is 2.22. The highest BCUT2D eigenvalue weighted by atomic mass is 32.2. The molecule has 4 rings (SSSR count). The highest BCUT2D eigenvalue weighted by molar-refractivity contribution is 7.84. The van der Waals surface area contributed by atoms with E-state index in [1.807, 2.05) is 29.1 Å². The second kappa shape index (κ2) is 6.76. The number of hydrogen-bond donors (Lipinski definition) is 1. The Morgan fingerprint density at radius 1 is 1.46 bits per heavy atom. The van der Waals surface area contributed by atoms with Crippen molar-refractivity contribution >= 4 is 21.8 Å². The molecule has 0 bridgehead atoms. The lowest BCUT2D eigenvalue weighted by Crippen LogP contribution is -2.03. The molecule has 0 radical (unpaired) electrons. The Morgan fingerprint density at radius 2 is 2.31 bits per heavy atom. The van der Waals surface area contributed by atoms with Crippen LogP contribution >= 0.6 is 0 Å². The summed E-state index contributed by atoms with van der Waals surface area (Å²) < 4.78 is 82.9. The van der Waals surface area contributed by atoms with Crippen molar-refractivity contribution in [2.24, 2.45) is 0 Å². The third-order valence-electron chi connectivity index (χ3n) is 3.78. The van der Waals surface area contributed by atoms with E-state index >= 15 is 0 Å². The predicted molar refractivity (Wildman–Crippen MR) is 101 cm³/mol. The molecule has 1 unspecified atom stereocenters. The molecule has 26 heavy (non-hydrogen) atoms. The number of nitrogens with one attached hydrogen (secondary N) is 1. The van der Waals surface area contributed by atoms with Gasteiger partial charge >= 0.3 is 0 Å². The van der Waals surface area contributed by atoms with E-state index in [0.29, 0.717) is 11.0 Å². The molecule has 0 aliphatic carbocycles. The Kier molecular flexibility index (Phi) is 2.52. The van der Waals surface area contributed by atoms with Gasteiger partial charge in [-0.2, -0.15) is 0 Å². The Morgan fingerprint density at radius 3 is 3.12 bits per heavy atom. The maximum Gasteiger partial charge on any atom is 0.197 e. The van der Waals surface area contributed by atoms with Crippen LogP contribution in [0.5, 0.6) is 5.75 Å². The molecular weight excluding hydrogens is 348 g/mol. The van der Waals surface area contributed by atoms with Crippen LogP contribution in [0, 0.1) is 6.92 Å². The Balaban J connectivity index is 1.80. The maximum absolute atomic E-state index is 13.3. The molecule has 3 aromatic heterocycles. The van der Waals surface area contributed by atoms with Crippen molar-refractivity contribution in [3.8, 4) is 11.4 Å². The quantitative estimate of drug-likeness (QED) is 0.581. The van der Waals surface area contributed by atoms with Gasteiger partial charge in [-0.25, -0.2) is 4.98 Å². The van der Waals surface area contributed by atoms with E-state index in [9.17, 15) is 4.21 Å². The SMILES string of the molecule is [2H]c1nc(C([2H])([2H])S(=O)c2nc3cc(-n4cccc4)ccc3n2[2H])c(C)c(OC([2H])([2H])[2H])c1[2H]. The lowest BCUT2D eigenvalue weighted by Gasteiger charge is -2.08. The van der Waals surface area contributed by atoms with Gasteiger partial charge in [-0.05, 0) is 43.3 Å². The molecule has 6 nitrogen and oxygen atoms in total. The predicted octanol–water partition coefficient (Wildman–Crippen LogP) is 3.37. The molecule has 0 aliphatic heterocycles. The van der Waals surface area contributed by atoms with Crippen LogP contribution in [0.2, 0.25) is 1.41 Å². The molecule has 1 aromatic carbocycles. The normalized spacial score (nSPS) is 17.9. The topological polar surface area (TPSA) is 72.8 Å². The van der Waals surface area contributed by atoms with E-state index in [4.69, 9.17) is 15.7 Å². The molecule has 1 atom stereocenters. The lowest BCUT2D eigenvalue weighted by molar-refractivity contribution is 0.410. The summed E-state index contributed by atoms with van der Waals surface area (Å²) in [5.41, 5.74) is -2.15. The molecule has 7 heteroatoms. The zero-order chi connectivity index (χ0) is 25.0. The van der Waals surface area contributed by atoms with Gasteiger partial charge in [0.2, 0.25) is 0 Å². The molecule has 0 saturated heterocycles. The van der Waals surface area contributed by atoms with Gasteiger partial charge < -0.3 is 14.3 Å². The zero-order valence-corrected chi connectivity index (χ0v) is 14.4. The largest absolute Gasteiger partial charge is 0.496 e. The first-order valence-corrected chi connectivity index (χ1v) is 8.70. The Bertz CT molecular complexity index is 1420. The standard InChI is InChI=1S/C19H18N4O2S/c1-13-17(20-8-7-18(13)25-2)12-26(24)19-21-15-6-5-14(11-16(15)22-19)23-9-3-4-10-23/h3-11H,12H2,1-2H3,(H,21,22)/i2D3,7D,8D,12D2/hD. The Labute approximate surface area is 164 Å². The van der Waals surface area contributed by atoms with Crippen LogP contribution in [0.4, 0.5) is 0 Å². The fraction of sp³-hybridized carbons (Fsp3) is 0.158. The van der Waals surface area contributed by atoms with Crippen molar-refractivity contribution in [2.45, 2.75) is 17.8 Å². The summed E-state index contributed by atoms with van der Waals surface area (Å²) in [6.07, 6.45) is 2.90. The number of aromatic nitrogens is 4. The third-order valence-corrected chi connectivity index (χ3v) is 4.68. The monoisotopic (exact) mass is 374 g/mol. The van der Waals surface area contributed by atoms with Gasteiger partial charge in [0.05, 0.1) is 47.1 Å². The Hall–Kier alpha value is -2.93. The molecule has 1 N–H and O–H groups in total. The number of hydrogen-bond acceptors (Lipinski definition) is 4. The van der Waals surface area contributed by atoms with Crippen LogP contribution in [0.1, 0.15) is 20.9 Å². The smallest absolute Gasteiger partial charge is 0.197 e. The first kappa shape index (κ1) is 9.68. The first-order chi connectivity index (χ1) is 15.8. The third kappa shape index (κ3) is 3.01. The number of imidazole rings is 1. The summed E-state index contributed by atoms with van der Waals surface area (Å²) in [5, 5.41) is -0.398. The minimum atomic E-state index is -2.95. The van der Waals surface area contributed by atoms with E-state index in [1.54, 1.807) is 18.2 Å². The van der Waals surface area contributed by atoms with Gasteiger partial charge in [-0.15, -0.1) is 0 Å². The van der Waals surface area contributed by atoms with Crippen LogP contribution < -0.4 is 4.74 Å². The number of pyridine rings is 1. The zero-order valence-electron chi connectivity index (χ0n) is 21.6. The van der Waals surface area contributed by atoms with E-state index in [0.717, 1.165) is 10.7 Å². The average molecular weight is 374 g/mol. The molecule has 0 spiro atoms. The number of fused-ring (bicyclic) bond motifs is 1. The molecule has 0 amide bonds. The van der Waals surface area contributed by atoms with Crippen LogP contribution in [-0.4, -0.2) is 30.8 Å². The van der Waals surface area contributed by atoms with Gasteiger partial charge in [-0.1, -0.05) is 0 Å². The highest BCUT2D eigenvalue weighted by Gasteiger charge is 2.15. The maximum atomic E-state index is 13.3. The molecule has 132 valence electrons. The van der Waals surface area contributed by atoms with Gasteiger partial charge in [0.1, 0.15) is 5.75 Å². The number of benzene rings is 1. The minimum absolute atomic E-state index is 0.182. The summed E-state index contributed by atoms with van der Waals surface area (Å²) in [6.45, 7) is 1.27. The summed E-state index contributed by atoms with van der Waals surface area (Å²) in [4.78, 5) is 8.74. The molecule has 0 aliphatic rings. The minimum Gasteiger partial charge on any atom is -0.496 e. The van der Waals surface area contributed by atoms with Gasteiger partial charge in [0.25, 0.3) is 0 Å². The molecule has 3 heterocycles. The fourth-order valence-corrected chi connectivity index (χ4v) is 3.26. The van der Waals surface area contributed by atoms with Crippen molar-refractivity contribution in [2.75, 3.05) is 7.04 Å². The van der Waals surface area contributed by atoms with Crippen molar-refractivity contribution in [3.05, 3.63) is 66.2 Å². The molecule has 4 aromatic rings. The van der Waals surface area contributed by atoms with Crippen LogP contribution in [-0.2, 0) is 16.5 Å². The summed E-state index contributed by atoms with van der Waals surface area (Å²) in [7, 11) is -5.56. The van der Waals surface area contributed by atoms with Crippen LogP contribution in [0.25, 0.3) is 16.7 Å². The summed E-state index contributed by atoms with van der Waals surface area (Å²) in [5.74, 6) is -0.549. The van der Waals surface area contributed by atoms with Gasteiger partial charge in [0.15, 0.2) is 6.57 Å². The average Bonchev–Trinajstić information content (AvgIpc) is 3.40.